The first-order valence-corrected chi connectivity index (χ1v) is 8.54. The van der Waals surface area contributed by atoms with Crippen LogP contribution in [-0.4, -0.2) is 35.1 Å². The molecular formula is C15H19NO4S. The maximum absolute atomic E-state index is 12.7. The molecule has 3 rings (SSSR count). The molecule has 1 heterocycles. The molecule has 1 fully saturated rings. The number of fused-ring (bicyclic) bond motifs is 1. The van der Waals surface area contributed by atoms with Crippen molar-refractivity contribution in [3.63, 3.8) is 0 Å². The van der Waals surface area contributed by atoms with Crippen molar-refractivity contribution < 1.29 is 18.3 Å². The van der Waals surface area contributed by atoms with Gasteiger partial charge in [-0.15, -0.1) is 0 Å². The van der Waals surface area contributed by atoms with Gasteiger partial charge in [0.25, 0.3) is 0 Å². The molecule has 0 radical (unpaired) electrons. The monoisotopic (exact) mass is 309 g/mol. The number of benzene rings is 1. The summed E-state index contributed by atoms with van der Waals surface area (Å²) in [6.07, 6.45) is 1.79. The third-order valence-corrected chi connectivity index (χ3v) is 7.40. The summed E-state index contributed by atoms with van der Waals surface area (Å²) in [6.45, 7) is 3.88. The molecule has 2 aliphatic rings. The summed E-state index contributed by atoms with van der Waals surface area (Å²) in [5.74, 6) is -1.10. The van der Waals surface area contributed by atoms with Gasteiger partial charge in [0, 0.05) is 6.54 Å². The maximum atomic E-state index is 12.7. The quantitative estimate of drug-likeness (QED) is 0.925. The molecule has 0 bridgehead atoms. The van der Waals surface area contributed by atoms with Crippen molar-refractivity contribution in [2.45, 2.75) is 43.9 Å². The molecule has 1 N–H and O–H groups in total. The van der Waals surface area contributed by atoms with Crippen molar-refractivity contribution in [2.75, 3.05) is 6.54 Å². The summed E-state index contributed by atoms with van der Waals surface area (Å²) in [7, 11) is -3.59. The highest BCUT2D eigenvalue weighted by Crippen LogP contribution is 2.47. The number of carboxylic acid groups (broad SMARTS) is 1. The summed E-state index contributed by atoms with van der Waals surface area (Å²) < 4.78 is 25.9. The van der Waals surface area contributed by atoms with E-state index < -0.39 is 26.8 Å². The van der Waals surface area contributed by atoms with Crippen LogP contribution in [0.5, 0.6) is 0 Å². The summed E-state index contributed by atoms with van der Waals surface area (Å²) in [5, 5.41) is 9.59. The van der Waals surface area contributed by atoms with Crippen LogP contribution in [0.1, 0.15) is 42.5 Å². The lowest BCUT2D eigenvalue weighted by Gasteiger charge is -2.36. The molecule has 1 aromatic rings. The minimum absolute atomic E-state index is 0.243. The molecule has 21 heavy (non-hydrogen) atoms. The van der Waals surface area contributed by atoms with E-state index in [0.29, 0.717) is 24.8 Å². The van der Waals surface area contributed by atoms with E-state index in [1.54, 1.807) is 19.1 Å². The van der Waals surface area contributed by atoms with Gasteiger partial charge in [-0.2, -0.15) is 4.31 Å². The number of aryl methyl sites for hydroxylation is 1. The van der Waals surface area contributed by atoms with Crippen LogP contribution in [0.25, 0.3) is 0 Å². The molecule has 1 aromatic carbocycles. The van der Waals surface area contributed by atoms with Crippen molar-refractivity contribution in [3.05, 3.63) is 34.9 Å². The lowest BCUT2D eigenvalue weighted by Crippen LogP contribution is -2.47. The van der Waals surface area contributed by atoms with Gasteiger partial charge in [-0.1, -0.05) is 18.2 Å². The molecule has 1 aliphatic carbocycles. The van der Waals surface area contributed by atoms with Gasteiger partial charge in [0.05, 0.1) is 4.75 Å². The van der Waals surface area contributed by atoms with Crippen LogP contribution < -0.4 is 0 Å². The average molecular weight is 309 g/mol. The summed E-state index contributed by atoms with van der Waals surface area (Å²) in [4.78, 5) is 11.7. The van der Waals surface area contributed by atoms with Crippen molar-refractivity contribution in [1.29, 1.82) is 0 Å². The summed E-state index contributed by atoms with van der Waals surface area (Å²) in [5.41, 5.74) is 2.60. The molecule has 114 valence electrons. The molecule has 0 saturated heterocycles. The zero-order chi connectivity index (χ0) is 15.4. The third kappa shape index (κ3) is 2.08. The molecule has 0 spiro atoms. The number of hydrogen-bond donors (Lipinski definition) is 1. The normalized spacial score (nSPS) is 24.4. The van der Waals surface area contributed by atoms with Gasteiger partial charge in [-0.05, 0) is 49.8 Å². The van der Waals surface area contributed by atoms with E-state index in [2.05, 4.69) is 0 Å². The Balaban J connectivity index is 2.11. The van der Waals surface area contributed by atoms with E-state index in [9.17, 15) is 18.3 Å². The second-order valence-electron chi connectivity index (χ2n) is 6.20. The van der Waals surface area contributed by atoms with Gasteiger partial charge >= 0.3 is 5.97 Å². The van der Waals surface area contributed by atoms with E-state index in [4.69, 9.17) is 0 Å². The SMILES string of the molecule is Cc1cccc2c1CCN(S(=O)(=O)C1(C)CC1)C2C(=O)O. The van der Waals surface area contributed by atoms with Crippen molar-refractivity contribution in [3.8, 4) is 0 Å². The summed E-state index contributed by atoms with van der Waals surface area (Å²) in [6, 6.07) is 4.36. The van der Waals surface area contributed by atoms with Gasteiger partial charge in [0.15, 0.2) is 0 Å². The van der Waals surface area contributed by atoms with E-state index in [-0.39, 0.29) is 6.54 Å². The Morgan fingerprint density at radius 3 is 2.62 bits per heavy atom. The predicted molar refractivity (Wildman–Crippen MR) is 78.5 cm³/mol. The second kappa shape index (κ2) is 4.55. The Labute approximate surface area is 124 Å². The lowest BCUT2D eigenvalue weighted by atomic mass is 9.91. The maximum Gasteiger partial charge on any atom is 0.326 e. The van der Waals surface area contributed by atoms with Gasteiger partial charge in [-0.3, -0.25) is 4.79 Å². The van der Waals surface area contributed by atoms with Crippen LogP contribution in [-0.2, 0) is 21.2 Å². The van der Waals surface area contributed by atoms with Crippen LogP contribution in [0.4, 0.5) is 0 Å². The zero-order valence-corrected chi connectivity index (χ0v) is 13.0. The minimum Gasteiger partial charge on any atom is -0.480 e. The number of carboxylic acids is 1. The number of nitrogens with zero attached hydrogens (tertiary/aromatic N) is 1. The van der Waals surface area contributed by atoms with E-state index in [1.807, 2.05) is 13.0 Å². The second-order valence-corrected chi connectivity index (χ2v) is 8.60. The standard InChI is InChI=1S/C15H19NO4S/c1-10-4-3-5-12-11(10)6-9-16(13(12)14(17)18)21(19,20)15(2)7-8-15/h3-5,13H,6-9H2,1-2H3,(H,17,18). The Morgan fingerprint density at radius 2 is 2.05 bits per heavy atom. The Hall–Kier alpha value is -1.40. The van der Waals surface area contributed by atoms with Gasteiger partial charge in [-0.25, -0.2) is 8.42 Å². The molecule has 6 heteroatoms. The van der Waals surface area contributed by atoms with Crippen molar-refractivity contribution in [2.24, 2.45) is 0 Å². The van der Waals surface area contributed by atoms with E-state index in [0.717, 1.165) is 11.1 Å². The predicted octanol–water partition coefficient (Wildman–Crippen LogP) is 1.86. The molecule has 1 aliphatic heterocycles. The largest absolute Gasteiger partial charge is 0.480 e. The fourth-order valence-corrected chi connectivity index (χ4v) is 5.06. The first kappa shape index (κ1) is 14.5. The Morgan fingerprint density at radius 1 is 1.38 bits per heavy atom. The lowest BCUT2D eigenvalue weighted by molar-refractivity contribution is -0.142. The Kier molecular flexibility index (Phi) is 3.15. The number of carbonyl (C=O) groups is 1. The molecule has 0 amide bonds. The van der Waals surface area contributed by atoms with Gasteiger partial charge in [0.1, 0.15) is 6.04 Å². The minimum atomic E-state index is -3.59. The van der Waals surface area contributed by atoms with Crippen molar-refractivity contribution in [1.82, 2.24) is 4.31 Å². The van der Waals surface area contributed by atoms with Crippen LogP contribution in [0.3, 0.4) is 0 Å². The molecular weight excluding hydrogens is 290 g/mol. The Bertz CT molecular complexity index is 706. The van der Waals surface area contributed by atoms with Crippen LogP contribution in [0.2, 0.25) is 0 Å². The highest BCUT2D eigenvalue weighted by Gasteiger charge is 2.55. The highest BCUT2D eigenvalue weighted by atomic mass is 32.2. The molecule has 5 nitrogen and oxygen atoms in total. The third-order valence-electron chi connectivity index (χ3n) is 4.73. The molecule has 1 unspecified atom stereocenters. The average Bonchev–Trinajstić information content (AvgIpc) is 3.17. The summed E-state index contributed by atoms with van der Waals surface area (Å²) >= 11 is 0. The van der Waals surface area contributed by atoms with E-state index in [1.165, 1.54) is 4.31 Å². The van der Waals surface area contributed by atoms with Gasteiger partial charge in [0.2, 0.25) is 10.0 Å². The molecule has 0 aromatic heterocycles. The van der Waals surface area contributed by atoms with Gasteiger partial charge < -0.3 is 5.11 Å². The topological polar surface area (TPSA) is 74.7 Å². The number of sulfonamides is 1. The number of rotatable bonds is 3. The molecule has 1 saturated carbocycles. The van der Waals surface area contributed by atoms with Crippen LogP contribution >= 0.6 is 0 Å². The fraction of sp³-hybridized carbons (Fsp3) is 0.533. The smallest absolute Gasteiger partial charge is 0.326 e. The van der Waals surface area contributed by atoms with Crippen LogP contribution in [0, 0.1) is 6.92 Å². The number of aliphatic carboxylic acids is 1. The van der Waals surface area contributed by atoms with E-state index >= 15 is 0 Å². The van der Waals surface area contributed by atoms with Crippen LogP contribution in [0.15, 0.2) is 18.2 Å². The fourth-order valence-electron chi connectivity index (χ4n) is 3.06. The first-order valence-electron chi connectivity index (χ1n) is 7.10. The number of hydrogen-bond acceptors (Lipinski definition) is 3. The highest BCUT2D eigenvalue weighted by molar-refractivity contribution is 7.90. The first-order chi connectivity index (χ1) is 9.78. The van der Waals surface area contributed by atoms with Crippen molar-refractivity contribution >= 4 is 16.0 Å². The molecule has 1 atom stereocenters. The zero-order valence-electron chi connectivity index (χ0n) is 12.2.